The lowest BCUT2D eigenvalue weighted by Gasteiger charge is -2.03. The Bertz CT molecular complexity index is 172. The Labute approximate surface area is 67.2 Å². The van der Waals surface area contributed by atoms with E-state index in [4.69, 9.17) is 4.74 Å². The monoisotopic (exact) mass is 154 g/mol. The molecule has 0 aromatic heterocycles. The Kier molecular flexibility index (Phi) is 2.83. The van der Waals surface area contributed by atoms with Crippen LogP contribution < -0.4 is 0 Å². The Balaban J connectivity index is 2.47. The van der Waals surface area contributed by atoms with Crippen molar-refractivity contribution >= 4 is 5.78 Å². The second kappa shape index (κ2) is 3.67. The summed E-state index contributed by atoms with van der Waals surface area (Å²) in [5.41, 5.74) is 1.05. The third-order valence-electron chi connectivity index (χ3n) is 1.68. The Morgan fingerprint density at radius 2 is 2.27 bits per heavy atom. The molecule has 0 aromatic carbocycles. The van der Waals surface area contributed by atoms with Crippen molar-refractivity contribution in [2.24, 2.45) is 0 Å². The van der Waals surface area contributed by atoms with Crippen LogP contribution in [0.3, 0.4) is 0 Å². The molecule has 1 aliphatic rings. The summed E-state index contributed by atoms with van der Waals surface area (Å²) in [4.78, 5) is 11.3. The number of hydrogen-bond acceptors (Lipinski definition) is 2. The van der Waals surface area contributed by atoms with Crippen molar-refractivity contribution in [3.8, 4) is 0 Å². The fourth-order valence-electron chi connectivity index (χ4n) is 1.18. The lowest BCUT2D eigenvalue weighted by Crippen LogP contribution is -2.16. The van der Waals surface area contributed by atoms with E-state index in [-0.39, 0.29) is 11.9 Å². The minimum Gasteiger partial charge on any atom is -0.370 e. The molecule has 0 spiro atoms. The van der Waals surface area contributed by atoms with Crippen LogP contribution in [0.5, 0.6) is 0 Å². The van der Waals surface area contributed by atoms with Gasteiger partial charge in [0.1, 0.15) is 6.10 Å². The average Bonchev–Trinajstić information content (AvgIpc) is 2.35. The smallest absolute Gasteiger partial charge is 0.184 e. The molecule has 1 heterocycles. The normalized spacial score (nSPS) is 23.3. The number of hydrogen-bond donors (Lipinski definition) is 0. The molecule has 0 aromatic rings. The van der Waals surface area contributed by atoms with E-state index >= 15 is 0 Å². The quantitative estimate of drug-likeness (QED) is 0.566. The van der Waals surface area contributed by atoms with Gasteiger partial charge >= 0.3 is 0 Å². The van der Waals surface area contributed by atoms with Crippen molar-refractivity contribution in [2.75, 3.05) is 6.61 Å². The van der Waals surface area contributed by atoms with E-state index in [2.05, 4.69) is 0 Å². The lowest BCUT2D eigenvalue weighted by atomic mass is 10.1. The van der Waals surface area contributed by atoms with Gasteiger partial charge in [0.15, 0.2) is 5.78 Å². The summed E-state index contributed by atoms with van der Waals surface area (Å²) in [6.07, 6.45) is 3.43. The fraction of sp³-hybridized carbons (Fsp3) is 0.667. The van der Waals surface area contributed by atoms with E-state index in [1.807, 2.05) is 13.8 Å². The van der Waals surface area contributed by atoms with E-state index < -0.39 is 0 Å². The highest BCUT2D eigenvalue weighted by Crippen LogP contribution is 2.13. The van der Waals surface area contributed by atoms with E-state index in [1.165, 1.54) is 0 Å². The number of allylic oxidation sites excluding steroid dienone is 1. The van der Waals surface area contributed by atoms with E-state index in [0.717, 1.165) is 25.0 Å². The molecule has 1 fully saturated rings. The summed E-state index contributed by atoms with van der Waals surface area (Å²) in [6, 6.07) is 0. The van der Waals surface area contributed by atoms with Crippen LogP contribution in [-0.2, 0) is 9.53 Å². The molecule has 62 valence electrons. The number of ether oxygens (including phenoxy) is 1. The van der Waals surface area contributed by atoms with Gasteiger partial charge in [-0.2, -0.15) is 0 Å². The van der Waals surface area contributed by atoms with E-state index in [1.54, 1.807) is 6.08 Å². The SMILES string of the molecule is CC(C)=CC(=O)C1CCCO1. The summed E-state index contributed by atoms with van der Waals surface area (Å²) in [5, 5.41) is 0. The molecule has 0 N–H and O–H groups in total. The number of carbonyl (C=O) groups excluding carboxylic acids is 1. The molecule has 1 atom stereocenters. The van der Waals surface area contributed by atoms with Crippen LogP contribution in [0.2, 0.25) is 0 Å². The van der Waals surface area contributed by atoms with Crippen molar-refractivity contribution < 1.29 is 9.53 Å². The zero-order valence-corrected chi connectivity index (χ0v) is 7.09. The predicted octanol–water partition coefficient (Wildman–Crippen LogP) is 1.70. The minimum absolute atomic E-state index is 0.127. The van der Waals surface area contributed by atoms with Crippen LogP contribution in [0.4, 0.5) is 0 Å². The van der Waals surface area contributed by atoms with Crippen LogP contribution in [0.25, 0.3) is 0 Å². The molecular formula is C9H14O2. The molecular weight excluding hydrogens is 140 g/mol. The summed E-state index contributed by atoms with van der Waals surface area (Å²) < 4.78 is 5.22. The summed E-state index contributed by atoms with van der Waals surface area (Å²) in [5.74, 6) is 0.127. The predicted molar refractivity (Wildman–Crippen MR) is 43.4 cm³/mol. The Hall–Kier alpha value is -0.630. The lowest BCUT2D eigenvalue weighted by molar-refractivity contribution is -0.123. The molecule has 1 unspecified atom stereocenters. The van der Waals surface area contributed by atoms with Gasteiger partial charge in [0.05, 0.1) is 0 Å². The van der Waals surface area contributed by atoms with Gasteiger partial charge in [-0.15, -0.1) is 0 Å². The molecule has 2 heteroatoms. The second-order valence-corrected chi connectivity index (χ2v) is 3.13. The van der Waals surface area contributed by atoms with Gasteiger partial charge in [0.25, 0.3) is 0 Å². The summed E-state index contributed by atoms with van der Waals surface area (Å²) in [7, 11) is 0. The zero-order valence-electron chi connectivity index (χ0n) is 7.09. The Morgan fingerprint density at radius 1 is 1.55 bits per heavy atom. The maximum Gasteiger partial charge on any atom is 0.184 e. The first kappa shape index (κ1) is 8.47. The maximum absolute atomic E-state index is 11.3. The molecule has 1 rings (SSSR count). The highest BCUT2D eigenvalue weighted by atomic mass is 16.5. The number of ketones is 1. The van der Waals surface area contributed by atoms with Crippen molar-refractivity contribution in [3.05, 3.63) is 11.6 Å². The highest BCUT2D eigenvalue weighted by molar-refractivity contribution is 5.94. The number of carbonyl (C=O) groups is 1. The van der Waals surface area contributed by atoms with Gasteiger partial charge in [0, 0.05) is 6.61 Å². The fourth-order valence-corrected chi connectivity index (χ4v) is 1.18. The van der Waals surface area contributed by atoms with Gasteiger partial charge in [0.2, 0.25) is 0 Å². The largest absolute Gasteiger partial charge is 0.370 e. The van der Waals surface area contributed by atoms with E-state index in [9.17, 15) is 4.79 Å². The molecule has 0 radical (unpaired) electrons. The van der Waals surface area contributed by atoms with Crippen molar-refractivity contribution in [1.82, 2.24) is 0 Å². The third-order valence-corrected chi connectivity index (χ3v) is 1.68. The van der Waals surface area contributed by atoms with Crippen molar-refractivity contribution in [1.29, 1.82) is 0 Å². The Morgan fingerprint density at radius 3 is 2.73 bits per heavy atom. The van der Waals surface area contributed by atoms with Gasteiger partial charge in [-0.05, 0) is 32.8 Å². The van der Waals surface area contributed by atoms with Crippen molar-refractivity contribution in [2.45, 2.75) is 32.8 Å². The van der Waals surface area contributed by atoms with Gasteiger partial charge in [-0.3, -0.25) is 4.79 Å². The molecule has 1 aliphatic heterocycles. The summed E-state index contributed by atoms with van der Waals surface area (Å²) >= 11 is 0. The van der Waals surface area contributed by atoms with Crippen LogP contribution in [0.1, 0.15) is 26.7 Å². The minimum atomic E-state index is -0.148. The molecule has 0 saturated carbocycles. The van der Waals surface area contributed by atoms with Crippen LogP contribution in [0, 0.1) is 0 Å². The zero-order chi connectivity index (χ0) is 8.27. The first-order chi connectivity index (χ1) is 5.20. The first-order valence-corrected chi connectivity index (χ1v) is 4.00. The first-order valence-electron chi connectivity index (χ1n) is 4.00. The highest BCUT2D eigenvalue weighted by Gasteiger charge is 2.21. The molecule has 0 amide bonds. The molecule has 11 heavy (non-hydrogen) atoms. The summed E-state index contributed by atoms with van der Waals surface area (Å²) in [6.45, 7) is 4.59. The molecule has 0 aliphatic carbocycles. The second-order valence-electron chi connectivity index (χ2n) is 3.13. The molecule has 2 nitrogen and oxygen atoms in total. The van der Waals surface area contributed by atoms with Crippen LogP contribution in [0.15, 0.2) is 11.6 Å². The van der Waals surface area contributed by atoms with Crippen LogP contribution >= 0.6 is 0 Å². The van der Waals surface area contributed by atoms with Crippen LogP contribution in [-0.4, -0.2) is 18.5 Å². The maximum atomic E-state index is 11.3. The topological polar surface area (TPSA) is 26.3 Å². The van der Waals surface area contributed by atoms with Gasteiger partial charge < -0.3 is 4.74 Å². The molecule has 0 bridgehead atoms. The third kappa shape index (κ3) is 2.46. The van der Waals surface area contributed by atoms with Crippen molar-refractivity contribution in [3.63, 3.8) is 0 Å². The van der Waals surface area contributed by atoms with Gasteiger partial charge in [-0.1, -0.05) is 5.57 Å². The van der Waals surface area contributed by atoms with E-state index in [0.29, 0.717) is 0 Å². The average molecular weight is 154 g/mol. The number of rotatable bonds is 2. The standard InChI is InChI=1S/C9H14O2/c1-7(2)6-8(10)9-4-3-5-11-9/h6,9H,3-5H2,1-2H3. The van der Waals surface area contributed by atoms with Gasteiger partial charge in [-0.25, -0.2) is 0 Å². The molecule has 1 saturated heterocycles.